The first-order valence-electron chi connectivity index (χ1n) is 14.9. The van der Waals surface area contributed by atoms with E-state index in [1.807, 2.05) is 109 Å². The Morgan fingerprint density at radius 3 is 2.26 bits per heavy atom. The van der Waals surface area contributed by atoms with E-state index in [4.69, 9.17) is 0 Å². The van der Waals surface area contributed by atoms with E-state index in [9.17, 15) is 14.4 Å². The summed E-state index contributed by atoms with van der Waals surface area (Å²) in [5.41, 5.74) is 4.14. The second-order valence-electron chi connectivity index (χ2n) is 11.3. The molecule has 2 saturated heterocycles. The summed E-state index contributed by atoms with van der Waals surface area (Å²) in [4.78, 5) is 45.6. The Labute approximate surface area is 248 Å². The van der Waals surface area contributed by atoms with Crippen LogP contribution in [0.5, 0.6) is 0 Å². The Hall–Kier alpha value is -4.17. The first-order valence-corrected chi connectivity index (χ1v) is 14.9. The molecular weight excluding hydrogens is 526 g/mol. The molecule has 0 spiro atoms. The minimum absolute atomic E-state index is 0.0123. The summed E-state index contributed by atoms with van der Waals surface area (Å²) < 4.78 is 0. The van der Waals surface area contributed by atoms with Crippen molar-refractivity contribution in [3.05, 3.63) is 107 Å². The molecule has 5 rings (SSSR count). The van der Waals surface area contributed by atoms with E-state index in [-0.39, 0.29) is 37.0 Å². The number of fused-ring (bicyclic) bond motifs is 1. The normalized spacial score (nSPS) is 19.9. The third-order valence-corrected chi connectivity index (χ3v) is 8.30. The molecule has 0 aliphatic carbocycles. The van der Waals surface area contributed by atoms with Crippen LogP contribution < -0.4 is 5.32 Å². The van der Waals surface area contributed by atoms with E-state index in [0.29, 0.717) is 19.5 Å². The number of nitrogens with zero attached hydrogens (tertiary/aromatic N) is 4. The van der Waals surface area contributed by atoms with E-state index in [0.717, 1.165) is 35.1 Å². The zero-order chi connectivity index (χ0) is 29.6. The number of carbonyl (C=O) groups excluding carboxylic acids is 3. The molecule has 2 aliphatic rings. The first kappa shape index (κ1) is 29.3. The molecular formula is C34H41N5O3. The van der Waals surface area contributed by atoms with Crippen LogP contribution in [0, 0.1) is 6.92 Å². The highest BCUT2D eigenvalue weighted by Crippen LogP contribution is 2.33. The molecule has 0 saturated carbocycles. The number of aryl methyl sites for hydroxylation is 1. The van der Waals surface area contributed by atoms with Gasteiger partial charge in [-0.2, -0.15) is 0 Å². The van der Waals surface area contributed by atoms with Gasteiger partial charge in [0.25, 0.3) is 0 Å². The molecule has 8 heteroatoms. The van der Waals surface area contributed by atoms with Crippen molar-refractivity contribution < 1.29 is 14.4 Å². The molecule has 3 atom stereocenters. The topological polar surface area (TPSA) is 76.2 Å². The van der Waals surface area contributed by atoms with Crippen molar-refractivity contribution in [3.8, 4) is 0 Å². The third kappa shape index (κ3) is 6.34. The van der Waals surface area contributed by atoms with Crippen LogP contribution in [0.3, 0.4) is 0 Å². The van der Waals surface area contributed by atoms with Gasteiger partial charge in [0.05, 0.1) is 19.1 Å². The van der Waals surface area contributed by atoms with Crippen molar-refractivity contribution >= 4 is 17.8 Å². The van der Waals surface area contributed by atoms with Gasteiger partial charge in [0.15, 0.2) is 0 Å². The van der Waals surface area contributed by atoms with Crippen molar-refractivity contribution in [1.29, 1.82) is 0 Å². The number of hydrogen-bond acceptors (Lipinski definition) is 4. The number of hydrazine groups is 1. The molecule has 0 aromatic heterocycles. The van der Waals surface area contributed by atoms with Crippen LogP contribution >= 0.6 is 0 Å². The van der Waals surface area contributed by atoms with Crippen LogP contribution in [0.4, 0.5) is 4.79 Å². The number of amides is 4. The van der Waals surface area contributed by atoms with Crippen molar-refractivity contribution in [3.63, 3.8) is 0 Å². The number of nitrogens with one attached hydrogen (secondary N) is 1. The van der Waals surface area contributed by atoms with Gasteiger partial charge in [-0.1, -0.05) is 104 Å². The predicted octanol–water partition coefficient (Wildman–Crippen LogP) is 4.91. The lowest BCUT2D eigenvalue weighted by Crippen LogP contribution is -2.76. The molecule has 0 bridgehead atoms. The molecule has 220 valence electrons. The average molecular weight is 568 g/mol. The summed E-state index contributed by atoms with van der Waals surface area (Å²) in [5, 5.41) is 6.63. The van der Waals surface area contributed by atoms with Crippen molar-refractivity contribution in [2.24, 2.45) is 0 Å². The smallest absolute Gasteiger partial charge is 0.333 e. The number of urea groups is 1. The number of unbranched alkanes of at least 4 members (excludes halogenated alkanes) is 1. The maximum absolute atomic E-state index is 14.2. The van der Waals surface area contributed by atoms with E-state index < -0.39 is 12.2 Å². The molecule has 0 unspecified atom stereocenters. The van der Waals surface area contributed by atoms with Gasteiger partial charge in [0.1, 0.15) is 12.2 Å². The maximum Gasteiger partial charge on any atom is 0.333 e. The Morgan fingerprint density at radius 1 is 0.929 bits per heavy atom. The van der Waals surface area contributed by atoms with Crippen molar-refractivity contribution in [2.75, 3.05) is 19.6 Å². The lowest BCUT2D eigenvalue weighted by molar-refractivity contribution is -0.193. The van der Waals surface area contributed by atoms with Gasteiger partial charge < -0.3 is 15.1 Å². The highest BCUT2D eigenvalue weighted by Gasteiger charge is 2.52. The number of rotatable bonds is 9. The number of piperazine rings is 1. The third-order valence-electron chi connectivity index (χ3n) is 8.30. The monoisotopic (exact) mass is 567 g/mol. The summed E-state index contributed by atoms with van der Waals surface area (Å²) in [6.45, 7) is 7.32. The lowest BCUT2D eigenvalue weighted by Gasteiger charge is -2.56. The summed E-state index contributed by atoms with van der Waals surface area (Å²) in [6, 6.07) is 26.7. The second-order valence-corrected chi connectivity index (χ2v) is 11.3. The maximum atomic E-state index is 14.2. The molecule has 3 aromatic carbocycles. The van der Waals surface area contributed by atoms with Crippen LogP contribution in [-0.4, -0.2) is 69.5 Å². The van der Waals surface area contributed by atoms with Gasteiger partial charge in [0, 0.05) is 19.5 Å². The van der Waals surface area contributed by atoms with Gasteiger partial charge in [-0.3, -0.25) is 9.59 Å². The number of hydrogen-bond donors (Lipinski definition) is 1. The molecule has 2 heterocycles. The fourth-order valence-corrected chi connectivity index (χ4v) is 5.95. The summed E-state index contributed by atoms with van der Waals surface area (Å²) >= 11 is 0. The minimum atomic E-state index is -0.725. The molecule has 42 heavy (non-hydrogen) atoms. The summed E-state index contributed by atoms with van der Waals surface area (Å²) in [5.74, 6) is -0.246. The molecule has 8 nitrogen and oxygen atoms in total. The average Bonchev–Trinajstić information content (AvgIpc) is 3.00. The lowest BCUT2D eigenvalue weighted by atomic mass is 9.96. The van der Waals surface area contributed by atoms with Crippen molar-refractivity contribution in [1.82, 2.24) is 25.1 Å². The van der Waals surface area contributed by atoms with E-state index in [1.165, 1.54) is 0 Å². The highest BCUT2D eigenvalue weighted by atomic mass is 16.2. The van der Waals surface area contributed by atoms with Gasteiger partial charge in [-0.05, 0) is 37.0 Å². The molecule has 2 aliphatic heterocycles. The second kappa shape index (κ2) is 13.2. The number of benzene rings is 3. The van der Waals surface area contributed by atoms with Gasteiger partial charge in [-0.15, -0.1) is 0 Å². The van der Waals surface area contributed by atoms with Crippen LogP contribution in [0.2, 0.25) is 0 Å². The number of carbonyl (C=O) groups is 3. The fraction of sp³-hybridized carbons (Fsp3) is 0.382. The summed E-state index contributed by atoms with van der Waals surface area (Å²) in [6.07, 6.45) is 1.55. The molecule has 0 radical (unpaired) electrons. The van der Waals surface area contributed by atoms with Crippen LogP contribution in [0.25, 0.3) is 0 Å². The van der Waals surface area contributed by atoms with Crippen molar-refractivity contribution in [2.45, 2.75) is 64.8 Å². The van der Waals surface area contributed by atoms with E-state index >= 15 is 0 Å². The van der Waals surface area contributed by atoms with Gasteiger partial charge >= 0.3 is 6.03 Å². The van der Waals surface area contributed by atoms with Gasteiger partial charge in [0.2, 0.25) is 11.8 Å². The van der Waals surface area contributed by atoms with Gasteiger partial charge in [-0.25, -0.2) is 14.8 Å². The van der Waals surface area contributed by atoms with Crippen LogP contribution in [0.15, 0.2) is 84.9 Å². The quantitative estimate of drug-likeness (QED) is 0.373. The highest BCUT2D eigenvalue weighted by molar-refractivity contribution is 5.92. The Kier molecular flexibility index (Phi) is 9.22. The Bertz CT molecular complexity index is 1360. The fourth-order valence-electron chi connectivity index (χ4n) is 5.95. The summed E-state index contributed by atoms with van der Waals surface area (Å²) in [7, 11) is 0. The Balaban J connectivity index is 1.54. The Morgan fingerprint density at radius 2 is 1.60 bits per heavy atom. The zero-order valence-electron chi connectivity index (χ0n) is 24.8. The largest absolute Gasteiger partial charge is 0.337 e. The van der Waals surface area contributed by atoms with E-state index in [1.54, 1.807) is 9.91 Å². The first-order chi connectivity index (χ1) is 20.4. The SMILES string of the molecule is CCCCNC(=O)N1[C@H]2CN([C@@H](C)c3ccccc3)C(=O)[C@H](Cc3ccccc3)N2C(=O)CN1Cc1ccc(C)cc1. The molecule has 1 N–H and O–H groups in total. The van der Waals surface area contributed by atoms with Crippen LogP contribution in [-0.2, 0) is 22.6 Å². The standard InChI is InChI=1S/C34H41N5O3/c1-4-5-20-35-34(42)39-31-23-37(26(3)29-14-10-7-11-15-29)33(41)30(21-27-12-8-6-9-13-27)38(31)32(40)24-36(39)22-28-18-16-25(2)17-19-28/h6-19,26,30-31H,4-5,20-24H2,1-3H3,(H,35,42)/t26-,30-,31-/m0/s1. The molecule has 2 fully saturated rings. The molecule has 4 amide bonds. The molecule has 3 aromatic rings. The van der Waals surface area contributed by atoms with E-state index in [2.05, 4.69) is 12.2 Å². The minimum Gasteiger partial charge on any atom is -0.337 e. The van der Waals surface area contributed by atoms with Crippen LogP contribution in [0.1, 0.15) is 55.0 Å². The predicted molar refractivity (Wildman–Crippen MR) is 163 cm³/mol. The zero-order valence-corrected chi connectivity index (χ0v) is 24.8.